The molecule has 0 spiro atoms. The van der Waals surface area contributed by atoms with Crippen molar-refractivity contribution in [3.8, 4) is 5.95 Å². The predicted octanol–water partition coefficient (Wildman–Crippen LogP) is 2.23. The van der Waals surface area contributed by atoms with Gasteiger partial charge in [-0.3, -0.25) is 14.3 Å². The van der Waals surface area contributed by atoms with Crippen molar-refractivity contribution in [1.82, 2.24) is 24.5 Å². The fourth-order valence-electron chi connectivity index (χ4n) is 2.27. The van der Waals surface area contributed by atoms with E-state index in [1.54, 1.807) is 36.8 Å². The highest BCUT2D eigenvalue weighted by Gasteiger charge is 2.12. The minimum Gasteiger partial charge on any atom is -0.318 e. The Morgan fingerprint density at radius 3 is 2.39 bits per heavy atom. The van der Waals surface area contributed by atoms with Gasteiger partial charge >= 0.3 is 0 Å². The van der Waals surface area contributed by atoms with Gasteiger partial charge < -0.3 is 5.32 Å². The molecule has 3 heterocycles. The number of nitrogens with one attached hydrogen (secondary N) is 1. The van der Waals surface area contributed by atoms with Gasteiger partial charge in [-0.1, -0.05) is 6.07 Å². The summed E-state index contributed by atoms with van der Waals surface area (Å²) in [6.07, 6.45) is 4.70. The highest BCUT2D eigenvalue weighted by atomic mass is 16.1. The molecule has 0 bridgehead atoms. The van der Waals surface area contributed by atoms with Crippen molar-refractivity contribution >= 4 is 11.6 Å². The lowest BCUT2D eigenvalue weighted by Crippen LogP contribution is -2.14. The molecule has 0 radical (unpaired) electrons. The summed E-state index contributed by atoms with van der Waals surface area (Å²) in [4.78, 5) is 29.1. The lowest BCUT2D eigenvalue weighted by molar-refractivity contribution is 0.102. The van der Waals surface area contributed by atoms with Crippen molar-refractivity contribution in [2.24, 2.45) is 0 Å². The molecule has 0 fully saturated rings. The van der Waals surface area contributed by atoms with Gasteiger partial charge in [0.25, 0.3) is 5.91 Å². The van der Waals surface area contributed by atoms with Crippen LogP contribution >= 0.6 is 0 Å². The quantitative estimate of drug-likeness (QED) is 0.802. The number of carbonyl (C=O) groups is 1. The second-order valence-electron chi connectivity index (χ2n) is 5.11. The van der Waals surface area contributed by atoms with Crippen LogP contribution in [-0.4, -0.2) is 30.4 Å². The zero-order chi connectivity index (χ0) is 16.4. The van der Waals surface area contributed by atoms with E-state index in [1.165, 1.54) is 0 Å². The lowest BCUT2D eigenvalue weighted by atomic mass is 10.3. The van der Waals surface area contributed by atoms with Gasteiger partial charge in [0.2, 0.25) is 5.95 Å². The van der Waals surface area contributed by atoms with E-state index < -0.39 is 0 Å². The first kappa shape index (κ1) is 14.8. The van der Waals surface area contributed by atoms with Gasteiger partial charge in [0, 0.05) is 11.9 Å². The topological polar surface area (TPSA) is 85.6 Å². The van der Waals surface area contributed by atoms with Crippen molar-refractivity contribution in [2.75, 3.05) is 5.32 Å². The van der Waals surface area contributed by atoms with E-state index >= 15 is 0 Å². The second-order valence-corrected chi connectivity index (χ2v) is 5.11. The van der Waals surface area contributed by atoms with Crippen molar-refractivity contribution in [2.45, 2.75) is 20.8 Å². The van der Waals surface area contributed by atoms with Gasteiger partial charge in [-0.2, -0.15) is 0 Å². The third-order valence-corrected chi connectivity index (χ3v) is 3.51. The molecule has 0 aromatic carbocycles. The van der Waals surface area contributed by atoms with Crippen molar-refractivity contribution in [3.63, 3.8) is 0 Å². The Kier molecular flexibility index (Phi) is 3.84. The van der Waals surface area contributed by atoms with E-state index in [9.17, 15) is 4.79 Å². The molecule has 0 unspecified atom stereocenters. The number of hydrogen-bond donors (Lipinski definition) is 1. The molecule has 0 aliphatic carbocycles. The van der Waals surface area contributed by atoms with Crippen LogP contribution in [0.4, 0.5) is 5.69 Å². The summed E-state index contributed by atoms with van der Waals surface area (Å²) in [6, 6.07) is 5.16. The standard InChI is InChI=1S/C16H16N6O/c1-10-11(2)22(12(3)20-10)16-18-8-13(9-19-16)21-15(23)14-6-4-5-7-17-14/h4-9H,1-3H3,(H,21,23). The Balaban J connectivity index is 1.81. The van der Waals surface area contributed by atoms with E-state index in [0.717, 1.165) is 17.2 Å². The van der Waals surface area contributed by atoms with Crippen molar-refractivity contribution < 1.29 is 4.79 Å². The number of aromatic nitrogens is 5. The number of aryl methyl sites for hydroxylation is 2. The highest BCUT2D eigenvalue weighted by molar-refractivity contribution is 6.02. The van der Waals surface area contributed by atoms with Crippen LogP contribution in [0.2, 0.25) is 0 Å². The summed E-state index contributed by atoms with van der Waals surface area (Å²) >= 11 is 0. The van der Waals surface area contributed by atoms with Crippen molar-refractivity contribution in [3.05, 3.63) is 59.7 Å². The number of anilines is 1. The normalized spacial score (nSPS) is 10.6. The molecular formula is C16H16N6O. The molecule has 23 heavy (non-hydrogen) atoms. The minimum absolute atomic E-state index is 0.298. The fourth-order valence-corrected chi connectivity index (χ4v) is 2.27. The minimum atomic E-state index is -0.298. The van der Waals surface area contributed by atoms with Gasteiger partial charge in [-0.15, -0.1) is 0 Å². The molecule has 116 valence electrons. The molecule has 3 aromatic heterocycles. The Morgan fingerprint density at radius 1 is 1.09 bits per heavy atom. The number of amides is 1. The molecule has 7 nitrogen and oxygen atoms in total. The molecule has 0 aliphatic rings. The van der Waals surface area contributed by atoms with Crippen LogP contribution in [0.5, 0.6) is 0 Å². The van der Waals surface area contributed by atoms with E-state index in [0.29, 0.717) is 17.3 Å². The Morgan fingerprint density at radius 2 is 1.83 bits per heavy atom. The first-order valence-corrected chi connectivity index (χ1v) is 7.13. The van der Waals surface area contributed by atoms with Crippen LogP contribution in [-0.2, 0) is 0 Å². The number of pyridine rings is 1. The highest BCUT2D eigenvalue weighted by Crippen LogP contribution is 2.15. The first-order valence-electron chi connectivity index (χ1n) is 7.13. The zero-order valence-corrected chi connectivity index (χ0v) is 13.1. The molecule has 3 aromatic rings. The molecule has 0 aliphatic heterocycles. The van der Waals surface area contributed by atoms with Crippen LogP contribution < -0.4 is 5.32 Å². The summed E-state index contributed by atoms with van der Waals surface area (Å²) < 4.78 is 1.87. The summed E-state index contributed by atoms with van der Waals surface area (Å²) in [5.74, 6) is 1.05. The molecule has 0 saturated carbocycles. The van der Waals surface area contributed by atoms with Crippen LogP contribution in [0, 0.1) is 20.8 Å². The number of rotatable bonds is 3. The molecule has 1 N–H and O–H groups in total. The Hall–Kier alpha value is -3.09. The first-order chi connectivity index (χ1) is 11.1. The maximum absolute atomic E-state index is 12.0. The number of hydrogen-bond acceptors (Lipinski definition) is 5. The Bertz CT molecular complexity index is 839. The molecule has 0 saturated heterocycles. The number of nitrogens with zero attached hydrogens (tertiary/aromatic N) is 5. The second kappa shape index (κ2) is 5.96. The van der Waals surface area contributed by atoms with E-state index in [1.807, 2.05) is 25.3 Å². The average Bonchev–Trinajstić information content (AvgIpc) is 2.82. The number of carbonyl (C=O) groups excluding carboxylic acids is 1. The lowest BCUT2D eigenvalue weighted by Gasteiger charge is -2.07. The maximum Gasteiger partial charge on any atom is 0.274 e. The predicted molar refractivity (Wildman–Crippen MR) is 85.6 cm³/mol. The average molecular weight is 308 g/mol. The summed E-state index contributed by atoms with van der Waals surface area (Å²) in [5, 5.41) is 2.72. The molecular weight excluding hydrogens is 292 g/mol. The summed E-state index contributed by atoms with van der Waals surface area (Å²) in [7, 11) is 0. The summed E-state index contributed by atoms with van der Waals surface area (Å²) in [5.41, 5.74) is 2.79. The molecule has 1 amide bonds. The van der Waals surface area contributed by atoms with Gasteiger partial charge in [0.1, 0.15) is 11.5 Å². The van der Waals surface area contributed by atoms with Crippen LogP contribution in [0.15, 0.2) is 36.8 Å². The SMILES string of the molecule is Cc1nc(C)n(-c2ncc(NC(=O)c3ccccn3)cn2)c1C. The van der Waals surface area contributed by atoms with Crippen molar-refractivity contribution in [1.29, 1.82) is 0 Å². The van der Waals surface area contributed by atoms with Crippen LogP contribution in [0.3, 0.4) is 0 Å². The van der Waals surface area contributed by atoms with E-state index in [-0.39, 0.29) is 5.91 Å². The molecule has 7 heteroatoms. The smallest absolute Gasteiger partial charge is 0.274 e. The van der Waals surface area contributed by atoms with Crippen LogP contribution in [0.1, 0.15) is 27.7 Å². The summed E-state index contributed by atoms with van der Waals surface area (Å²) in [6.45, 7) is 5.82. The third-order valence-electron chi connectivity index (χ3n) is 3.51. The van der Waals surface area contributed by atoms with Crippen LogP contribution in [0.25, 0.3) is 5.95 Å². The van der Waals surface area contributed by atoms with Gasteiger partial charge in [0.15, 0.2) is 0 Å². The zero-order valence-electron chi connectivity index (χ0n) is 13.1. The molecule has 0 atom stereocenters. The van der Waals surface area contributed by atoms with Gasteiger partial charge in [-0.05, 0) is 32.9 Å². The van der Waals surface area contributed by atoms with E-state index in [2.05, 4.69) is 25.3 Å². The maximum atomic E-state index is 12.0. The monoisotopic (exact) mass is 308 g/mol. The van der Waals surface area contributed by atoms with Gasteiger partial charge in [-0.25, -0.2) is 15.0 Å². The van der Waals surface area contributed by atoms with E-state index in [4.69, 9.17) is 0 Å². The van der Waals surface area contributed by atoms with Gasteiger partial charge in [0.05, 0.1) is 23.8 Å². The Labute approximate surface area is 133 Å². The molecule has 3 rings (SSSR count). The largest absolute Gasteiger partial charge is 0.318 e. The third kappa shape index (κ3) is 2.94. The fraction of sp³-hybridized carbons (Fsp3) is 0.188. The number of imidazole rings is 1.